The standard InChI is InChI=1S/C12H19NO5/c1-8(7-9(14)18-12(2,3)4)10(15)13-5-6-17-11(13)16/h8H,5-7H2,1-4H3/t8-/m1/s1. The van der Waals surface area contributed by atoms with Gasteiger partial charge in [0.25, 0.3) is 0 Å². The molecule has 1 fully saturated rings. The lowest BCUT2D eigenvalue weighted by atomic mass is 10.1. The maximum absolute atomic E-state index is 11.9. The second-order valence-electron chi connectivity index (χ2n) is 5.30. The number of cyclic esters (lactones) is 1. The maximum Gasteiger partial charge on any atom is 0.416 e. The van der Waals surface area contributed by atoms with Gasteiger partial charge in [-0.05, 0) is 20.8 Å². The first kappa shape index (κ1) is 14.5. The van der Waals surface area contributed by atoms with E-state index in [4.69, 9.17) is 4.74 Å². The van der Waals surface area contributed by atoms with E-state index in [1.54, 1.807) is 27.7 Å². The summed E-state index contributed by atoms with van der Waals surface area (Å²) in [5, 5.41) is 0. The molecule has 0 bridgehead atoms. The van der Waals surface area contributed by atoms with E-state index in [1.165, 1.54) is 0 Å². The third-order valence-electron chi connectivity index (χ3n) is 2.34. The first-order valence-electron chi connectivity index (χ1n) is 5.90. The molecule has 18 heavy (non-hydrogen) atoms. The number of rotatable bonds is 3. The molecule has 0 N–H and O–H groups in total. The molecule has 6 nitrogen and oxygen atoms in total. The largest absolute Gasteiger partial charge is 0.460 e. The highest BCUT2D eigenvalue weighted by molar-refractivity contribution is 5.95. The van der Waals surface area contributed by atoms with Crippen LogP contribution in [0.25, 0.3) is 0 Å². The van der Waals surface area contributed by atoms with Gasteiger partial charge in [0, 0.05) is 5.92 Å². The van der Waals surface area contributed by atoms with E-state index in [2.05, 4.69) is 4.74 Å². The van der Waals surface area contributed by atoms with Crippen LogP contribution in [0.4, 0.5) is 4.79 Å². The van der Waals surface area contributed by atoms with Gasteiger partial charge in [-0.2, -0.15) is 0 Å². The van der Waals surface area contributed by atoms with Crippen molar-refractivity contribution in [2.24, 2.45) is 5.92 Å². The first-order valence-corrected chi connectivity index (χ1v) is 5.90. The number of nitrogens with zero attached hydrogens (tertiary/aromatic N) is 1. The minimum atomic E-state index is -0.643. The molecule has 0 unspecified atom stereocenters. The van der Waals surface area contributed by atoms with Crippen molar-refractivity contribution >= 4 is 18.0 Å². The van der Waals surface area contributed by atoms with Crippen LogP contribution in [0.15, 0.2) is 0 Å². The molecule has 6 heteroatoms. The average molecular weight is 257 g/mol. The van der Waals surface area contributed by atoms with Crippen molar-refractivity contribution in [2.45, 2.75) is 39.7 Å². The molecule has 0 radical (unpaired) electrons. The molecule has 0 saturated carbocycles. The van der Waals surface area contributed by atoms with Crippen LogP contribution < -0.4 is 0 Å². The van der Waals surface area contributed by atoms with Crippen molar-refractivity contribution in [3.63, 3.8) is 0 Å². The predicted molar refractivity (Wildman–Crippen MR) is 62.7 cm³/mol. The van der Waals surface area contributed by atoms with Gasteiger partial charge in [0.1, 0.15) is 12.2 Å². The number of imide groups is 1. The van der Waals surface area contributed by atoms with Crippen LogP contribution in [-0.4, -0.2) is 41.6 Å². The van der Waals surface area contributed by atoms with Gasteiger partial charge in [-0.15, -0.1) is 0 Å². The van der Waals surface area contributed by atoms with E-state index >= 15 is 0 Å². The van der Waals surface area contributed by atoms with Gasteiger partial charge in [-0.25, -0.2) is 9.69 Å². The molecule has 0 spiro atoms. The van der Waals surface area contributed by atoms with Crippen molar-refractivity contribution in [1.29, 1.82) is 0 Å². The van der Waals surface area contributed by atoms with Gasteiger partial charge in [-0.1, -0.05) is 6.92 Å². The predicted octanol–water partition coefficient (Wildman–Crippen LogP) is 1.33. The maximum atomic E-state index is 11.9. The third-order valence-corrected chi connectivity index (χ3v) is 2.34. The fourth-order valence-corrected chi connectivity index (χ4v) is 1.58. The zero-order valence-corrected chi connectivity index (χ0v) is 11.2. The Kier molecular flexibility index (Phi) is 4.32. The Bertz CT molecular complexity index is 358. The zero-order valence-electron chi connectivity index (χ0n) is 11.2. The van der Waals surface area contributed by atoms with Crippen LogP contribution in [-0.2, 0) is 19.1 Å². The minimum Gasteiger partial charge on any atom is -0.460 e. The van der Waals surface area contributed by atoms with E-state index in [1.807, 2.05) is 0 Å². The lowest BCUT2D eigenvalue weighted by Gasteiger charge is -2.21. The molecule has 1 rings (SSSR count). The Morgan fingerprint density at radius 1 is 1.44 bits per heavy atom. The van der Waals surface area contributed by atoms with Crippen LogP contribution in [0.3, 0.4) is 0 Å². The summed E-state index contributed by atoms with van der Waals surface area (Å²) in [6.45, 7) is 7.33. The Hall–Kier alpha value is -1.59. The summed E-state index contributed by atoms with van der Waals surface area (Å²) in [7, 11) is 0. The van der Waals surface area contributed by atoms with Crippen LogP contribution in [0, 0.1) is 5.92 Å². The smallest absolute Gasteiger partial charge is 0.416 e. The summed E-state index contributed by atoms with van der Waals surface area (Å²) >= 11 is 0. The zero-order chi connectivity index (χ0) is 13.9. The molecule has 1 aliphatic rings. The normalized spacial score (nSPS) is 17.3. The van der Waals surface area contributed by atoms with Crippen LogP contribution in [0.5, 0.6) is 0 Å². The van der Waals surface area contributed by atoms with E-state index in [-0.39, 0.29) is 19.6 Å². The van der Waals surface area contributed by atoms with Gasteiger partial charge < -0.3 is 9.47 Å². The molecular weight excluding hydrogens is 238 g/mol. The van der Waals surface area contributed by atoms with Crippen molar-refractivity contribution in [1.82, 2.24) is 4.90 Å². The second kappa shape index (κ2) is 5.37. The van der Waals surface area contributed by atoms with E-state index < -0.39 is 29.5 Å². The molecular formula is C12H19NO5. The third kappa shape index (κ3) is 4.01. The molecule has 102 valence electrons. The SMILES string of the molecule is C[C@H](CC(=O)OC(C)(C)C)C(=O)N1CCOC1=O. The molecule has 1 saturated heterocycles. The van der Waals surface area contributed by atoms with Gasteiger partial charge in [-0.3, -0.25) is 9.59 Å². The van der Waals surface area contributed by atoms with Gasteiger partial charge >= 0.3 is 12.1 Å². The Morgan fingerprint density at radius 2 is 2.06 bits per heavy atom. The summed E-state index contributed by atoms with van der Waals surface area (Å²) in [4.78, 5) is 35.7. The average Bonchev–Trinajstić information content (AvgIpc) is 2.60. The highest BCUT2D eigenvalue weighted by Crippen LogP contribution is 2.15. The molecule has 1 heterocycles. The fourth-order valence-electron chi connectivity index (χ4n) is 1.58. The molecule has 0 aliphatic carbocycles. The molecule has 0 aromatic heterocycles. The van der Waals surface area contributed by atoms with Crippen LogP contribution in [0.2, 0.25) is 0 Å². The van der Waals surface area contributed by atoms with Gasteiger partial charge in [0.15, 0.2) is 0 Å². The number of carbonyl (C=O) groups is 3. The number of amides is 2. The Labute approximate surface area is 106 Å². The van der Waals surface area contributed by atoms with Gasteiger partial charge in [0.05, 0.1) is 13.0 Å². The van der Waals surface area contributed by atoms with E-state index in [0.29, 0.717) is 0 Å². The summed E-state index contributed by atoms with van der Waals surface area (Å²) in [5.41, 5.74) is -0.577. The minimum absolute atomic E-state index is 0.0418. The van der Waals surface area contributed by atoms with E-state index in [0.717, 1.165) is 4.90 Å². The first-order chi connectivity index (χ1) is 8.20. The lowest BCUT2D eigenvalue weighted by Crippen LogP contribution is -2.37. The topological polar surface area (TPSA) is 72.9 Å². The number of hydrogen-bond donors (Lipinski definition) is 0. The molecule has 1 atom stereocenters. The molecule has 0 aromatic rings. The number of carbonyl (C=O) groups excluding carboxylic acids is 3. The number of ether oxygens (including phenoxy) is 2. The highest BCUT2D eigenvalue weighted by atomic mass is 16.6. The van der Waals surface area contributed by atoms with Crippen LogP contribution in [0.1, 0.15) is 34.1 Å². The van der Waals surface area contributed by atoms with Crippen molar-refractivity contribution in [2.75, 3.05) is 13.2 Å². The summed E-state index contributed by atoms with van der Waals surface area (Å²) in [6, 6.07) is 0. The fraction of sp³-hybridized carbons (Fsp3) is 0.750. The number of esters is 1. The Balaban J connectivity index is 2.50. The highest BCUT2D eigenvalue weighted by Gasteiger charge is 2.33. The lowest BCUT2D eigenvalue weighted by molar-refractivity contribution is -0.157. The van der Waals surface area contributed by atoms with Crippen molar-refractivity contribution < 1.29 is 23.9 Å². The summed E-state index contributed by atoms with van der Waals surface area (Å²) in [5.74, 6) is -1.44. The number of hydrogen-bond acceptors (Lipinski definition) is 5. The van der Waals surface area contributed by atoms with Gasteiger partial charge in [0.2, 0.25) is 5.91 Å². The molecule has 0 aromatic carbocycles. The monoisotopic (exact) mass is 257 g/mol. The van der Waals surface area contributed by atoms with Crippen LogP contribution >= 0.6 is 0 Å². The molecule has 2 amide bonds. The Morgan fingerprint density at radius 3 is 2.50 bits per heavy atom. The summed E-state index contributed by atoms with van der Waals surface area (Å²) in [6.07, 6.45) is -0.684. The van der Waals surface area contributed by atoms with Crippen molar-refractivity contribution in [3.8, 4) is 0 Å². The summed E-state index contributed by atoms with van der Waals surface area (Å²) < 4.78 is 9.79. The van der Waals surface area contributed by atoms with Crippen molar-refractivity contribution in [3.05, 3.63) is 0 Å². The second-order valence-corrected chi connectivity index (χ2v) is 5.30. The quantitative estimate of drug-likeness (QED) is 0.713. The van der Waals surface area contributed by atoms with E-state index in [9.17, 15) is 14.4 Å². The molecule has 1 aliphatic heterocycles.